The average molecular weight is 280 g/mol. The Morgan fingerprint density at radius 3 is 2.80 bits per heavy atom. The number of rotatable bonds is 8. The molecule has 1 rings (SSSR count). The van der Waals surface area contributed by atoms with Crippen molar-refractivity contribution in [2.75, 3.05) is 25.2 Å². The van der Waals surface area contributed by atoms with Crippen LogP contribution in [0.2, 0.25) is 0 Å². The first-order chi connectivity index (χ1) is 9.52. The van der Waals surface area contributed by atoms with E-state index in [2.05, 4.69) is 29.6 Å². The zero-order valence-corrected chi connectivity index (χ0v) is 12.4. The average Bonchev–Trinajstić information content (AvgIpc) is 2.41. The fourth-order valence-electron chi connectivity index (χ4n) is 1.63. The molecule has 0 fully saturated rings. The van der Waals surface area contributed by atoms with Gasteiger partial charge in [0.25, 0.3) is 5.91 Å². The monoisotopic (exact) mass is 280 g/mol. The van der Waals surface area contributed by atoms with Crippen LogP contribution in [0.1, 0.15) is 36.3 Å². The molecule has 0 aliphatic carbocycles. The molecule has 4 N–H and O–H groups in total. The maximum atomic E-state index is 11.9. The van der Waals surface area contributed by atoms with E-state index in [-0.39, 0.29) is 5.91 Å². The number of nitrogens with two attached hydrogens (primary N) is 1. The van der Waals surface area contributed by atoms with Crippen LogP contribution in [0.15, 0.2) is 12.1 Å². The number of pyridine rings is 1. The van der Waals surface area contributed by atoms with Crippen LogP contribution in [0, 0.1) is 12.8 Å². The molecule has 20 heavy (non-hydrogen) atoms. The van der Waals surface area contributed by atoms with Crippen molar-refractivity contribution in [3.05, 3.63) is 23.4 Å². The highest BCUT2D eigenvalue weighted by Crippen LogP contribution is 2.08. The Bertz CT molecular complexity index is 435. The Morgan fingerprint density at radius 2 is 2.15 bits per heavy atom. The van der Waals surface area contributed by atoms with E-state index in [9.17, 15) is 4.79 Å². The second-order valence-corrected chi connectivity index (χ2v) is 5.08. The first-order valence-electron chi connectivity index (χ1n) is 6.84. The van der Waals surface area contributed by atoms with Gasteiger partial charge >= 0.3 is 0 Å². The van der Waals surface area contributed by atoms with Gasteiger partial charge in [0.1, 0.15) is 5.82 Å². The Hall–Kier alpha value is -1.66. The third-order valence-electron chi connectivity index (χ3n) is 2.73. The third kappa shape index (κ3) is 5.99. The van der Waals surface area contributed by atoms with Gasteiger partial charge in [0.05, 0.1) is 6.61 Å². The Kier molecular flexibility index (Phi) is 6.97. The smallest absolute Gasteiger partial charge is 0.251 e. The highest BCUT2D eigenvalue weighted by molar-refractivity contribution is 5.94. The summed E-state index contributed by atoms with van der Waals surface area (Å²) in [6, 6.07) is 3.33. The number of ether oxygens (including phenoxy) is 1. The molecule has 6 nitrogen and oxygen atoms in total. The van der Waals surface area contributed by atoms with Crippen LogP contribution in [0.25, 0.3) is 0 Å². The number of anilines is 1. The van der Waals surface area contributed by atoms with E-state index in [0.29, 0.717) is 30.5 Å². The van der Waals surface area contributed by atoms with E-state index in [4.69, 9.17) is 10.6 Å². The summed E-state index contributed by atoms with van der Waals surface area (Å²) in [5.41, 5.74) is 3.71. The summed E-state index contributed by atoms with van der Waals surface area (Å²) < 4.78 is 5.44. The van der Waals surface area contributed by atoms with Gasteiger partial charge in [-0.3, -0.25) is 4.79 Å². The second-order valence-electron chi connectivity index (χ2n) is 5.08. The van der Waals surface area contributed by atoms with Gasteiger partial charge in [-0.2, -0.15) is 0 Å². The van der Waals surface area contributed by atoms with E-state index >= 15 is 0 Å². The Balaban J connectivity index is 2.34. The summed E-state index contributed by atoms with van der Waals surface area (Å²) in [6.45, 7) is 7.85. The molecule has 1 heterocycles. The highest BCUT2D eigenvalue weighted by Gasteiger charge is 2.07. The molecule has 0 radical (unpaired) electrons. The van der Waals surface area contributed by atoms with Crippen molar-refractivity contribution >= 4 is 11.7 Å². The SMILES string of the molecule is Cc1cc(C(=O)NCCOCCC(C)C)cc(NN)n1. The number of nitrogens with one attached hydrogen (secondary N) is 2. The molecule has 0 aromatic carbocycles. The quantitative estimate of drug-likeness (QED) is 0.381. The van der Waals surface area contributed by atoms with E-state index in [0.717, 1.165) is 18.7 Å². The molecule has 6 heteroatoms. The summed E-state index contributed by atoms with van der Waals surface area (Å²) in [4.78, 5) is 16.1. The van der Waals surface area contributed by atoms with Gasteiger partial charge in [-0.15, -0.1) is 0 Å². The minimum Gasteiger partial charge on any atom is -0.380 e. The molecule has 0 bridgehead atoms. The Labute approximate surface area is 120 Å². The van der Waals surface area contributed by atoms with Crippen LogP contribution in [-0.4, -0.2) is 30.6 Å². The molecule has 0 saturated heterocycles. The van der Waals surface area contributed by atoms with Crippen LogP contribution in [-0.2, 0) is 4.74 Å². The van der Waals surface area contributed by atoms with Gasteiger partial charge < -0.3 is 15.5 Å². The lowest BCUT2D eigenvalue weighted by Gasteiger charge is -2.09. The predicted molar refractivity (Wildman–Crippen MR) is 79.4 cm³/mol. The predicted octanol–water partition coefficient (Wildman–Crippen LogP) is 1.47. The molecule has 0 aliphatic heterocycles. The fourth-order valence-corrected chi connectivity index (χ4v) is 1.63. The topological polar surface area (TPSA) is 89.3 Å². The van der Waals surface area contributed by atoms with Gasteiger partial charge in [0.15, 0.2) is 0 Å². The van der Waals surface area contributed by atoms with Gasteiger partial charge in [-0.1, -0.05) is 13.8 Å². The molecule has 0 spiro atoms. The van der Waals surface area contributed by atoms with Crippen molar-refractivity contribution in [2.45, 2.75) is 27.2 Å². The molecule has 112 valence electrons. The minimum absolute atomic E-state index is 0.153. The number of hydrazine groups is 1. The van der Waals surface area contributed by atoms with Crippen molar-refractivity contribution in [1.82, 2.24) is 10.3 Å². The molecular weight excluding hydrogens is 256 g/mol. The standard InChI is InChI=1S/C14H24N4O2/c1-10(2)4-6-20-7-5-16-14(19)12-8-11(3)17-13(9-12)18-15/h8-10H,4-7,15H2,1-3H3,(H,16,19)(H,17,18). The van der Waals surface area contributed by atoms with Gasteiger partial charge in [-0.05, 0) is 31.4 Å². The first-order valence-corrected chi connectivity index (χ1v) is 6.84. The number of hydrogen-bond acceptors (Lipinski definition) is 5. The number of aromatic nitrogens is 1. The van der Waals surface area contributed by atoms with Crippen molar-refractivity contribution in [2.24, 2.45) is 11.8 Å². The third-order valence-corrected chi connectivity index (χ3v) is 2.73. The first kappa shape index (κ1) is 16.4. The van der Waals surface area contributed by atoms with Crippen LogP contribution in [0.4, 0.5) is 5.82 Å². The highest BCUT2D eigenvalue weighted by atomic mass is 16.5. The largest absolute Gasteiger partial charge is 0.380 e. The van der Waals surface area contributed by atoms with Crippen molar-refractivity contribution < 1.29 is 9.53 Å². The van der Waals surface area contributed by atoms with E-state index < -0.39 is 0 Å². The maximum absolute atomic E-state index is 11.9. The van der Waals surface area contributed by atoms with Crippen LogP contribution in [0.5, 0.6) is 0 Å². The summed E-state index contributed by atoms with van der Waals surface area (Å²) >= 11 is 0. The number of carbonyl (C=O) groups is 1. The van der Waals surface area contributed by atoms with Gasteiger partial charge in [-0.25, -0.2) is 10.8 Å². The summed E-state index contributed by atoms with van der Waals surface area (Å²) in [7, 11) is 0. The number of amides is 1. The number of hydrogen-bond donors (Lipinski definition) is 3. The van der Waals surface area contributed by atoms with Crippen LogP contribution >= 0.6 is 0 Å². The van der Waals surface area contributed by atoms with Gasteiger partial charge in [0, 0.05) is 24.4 Å². The molecule has 1 amide bonds. The normalized spacial score (nSPS) is 10.7. The molecule has 1 aromatic heterocycles. The fraction of sp³-hybridized carbons (Fsp3) is 0.571. The Morgan fingerprint density at radius 1 is 1.40 bits per heavy atom. The molecule has 0 unspecified atom stereocenters. The molecule has 0 aliphatic rings. The van der Waals surface area contributed by atoms with Gasteiger partial charge in [0.2, 0.25) is 0 Å². The zero-order chi connectivity index (χ0) is 15.0. The maximum Gasteiger partial charge on any atom is 0.251 e. The zero-order valence-electron chi connectivity index (χ0n) is 12.4. The molecule has 0 saturated carbocycles. The van der Waals surface area contributed by atoms with E-state index in [1.807, 2.05) is 6.92 Å². The lowest BCUT2D eigenvalue weighted by atomic mass is 10.1. The van der Waals surface area contributed by atoms with Crippen molar-refractivity contribution in [3.8, 4) is 0 Å². The lowest BCUT2D eigenvalue weighted by molar-refractivity contribution is 0.0905. The van der Waals surface area contributed by atoms with E-state index in [1.165, 1.54) is 0 Å². The summed E-state index contributed by atoms with van der Waals surface area (Å²) in [5, 5.41) is 2.81. The number of nitrogen functional groups attached to an aromatic ring is 1. The molecule has 0 atom stereocenters. The van der Waals surface area contributed by atoms with Crippen LogP contribution < -0.4 is 16.6 Å². The van der Waals surface area contributed by atoms with Crippen LogP contribution in [0.3, 0.4) is 0 Å². The molecular formula is C14H24N4O2. The van der Waals surface area contributed by atoms with Crippen molar-refractivity contribution in [1.29, 1.82) is 0 Å². The minimum atomic E-state index is -0.153. The lowest BCUT2D eigenvalue weighted by Crippen LogP contribution is -2.27. The van der Waals surface area contributed by atoms with Crippen molar-refractivity contribution in [3.63, 3.8) is 0 Å². The second kappa shape index (κ2) is 8.50. The number of carbonyl (C=O) groups excluding carboxylic acids is 1. The number of aryl methyl sites for hydroxylation is 1. The molecule has 1 aromatic rings. The van der Waals surface area contributed by atoms with E-state index in [1.54, 1.807) is 12.1 Å². The summed E-state index contributed by atoms with van der Waals surface area (Å²) in [6.07, 6.45) is 1.03. The summed E-state index contributed by atoms with van der Waals surface area (Å²) in [5.74, 6) is 6.26. The number of nitrogens with zero attached hydrogens (tertiary/aromatic N) is 1.